The van der Waals surface area contributed by atoms with Crippen molar-refractivity contribution in [3.63, 3.8) is 0 Å². The lowest BCUT2D eigenvalue weighted by Crippen LogP contribution is -2.46. The molecule has 1 rings (SSSR count). The Balaban J connectivity index is 2.20. The molecule has 0 bridgehead atoms. The van der Waals surface area contributed by atoms with Gasteiger partial charge in [0, 0.05) is 19.2 Å². The largest absolute Gasteiger partial charge is 0.379 e. The van der Waals surface area contributed by atoms with Gasteiger partial charge in [0.1, 0.15) is 0 Å². The second kappa shape index (κ2) is 4.60. The maximum absolute atomic E-state index is 5.38. The summed E-state index contributed by atoms with van der Waals surface area (Å²) < 4.78 is 5.38. The van der Waals surface area contributed by atoms with Gasteiger partial charge in [-0.3, -0.25) is 0 Å². The van der Waals surface area contributed by atoms with Gasteiger partial charge >= 0.3 is 0 Å². The third-order valence-electron chi connectivity index (χ3n) is 3.20. The van der Waals surface area contributed by atoms with Crippen molar-refractivity contribution in [2.45, 2.75) is 44.8 Å². The highest BCUT2D eigenvalue weighted by molar-refractivity contribution is 4.91. The number of rotatable bonds is 5. The Hall–Kier alpha value is -0.120. The second-order valence-electron chi connectivity index (χ2n) is 5.13. The summed E-state index contributed by atoms with van der Waals surface area (Å²) in [6.45, 7) is 9.79. The quantitative estimate of drug-likeness (QED) is 0.698. The minimum absolute atomic E-state index is 0.00457. The van der Waals surface area contributed by atoms with Crippen molar-refractivity contribution in [3.05, 3.63) is 0 Å². The summed E-state index contributed by atoms with van der Waals surface area (Å²) in [7, 11) is 1.78. The minimum Gasteiger partial charge on any atom is -0.379 e. The standard InChI is InChI=1S/C11H24N2O/c1-10(2,14-4)5-8-13-11(3)6-7-12-9-11/h12-13H,5-9H2,1-4H3. The summed E-state index contributed by atoms with van der Waals surface area (Å²) in [6.07, 6.45) is 2.28. The van der Waals surface area contributed by atoms with E-state index in [1.54, 1.807) is 7.11 Å². The van der Waals surface area contributed by atoms with Crippen LogP contribution in [0.15, 0.2) is 0 Å². The Morgan fingerprint density at radius 3 is 2.71 bits per heavy atom. The highest BCUT2D eigenvalue weighted by Crippen LogP contribution is 2.16. The van der Waals surface area contributed by atoms with Crippen LogP contribution in [0.2, 0.25) is 0 Å². The van der Waals surface area contributed by atoms with Crippen molar-refractivity contribution in [1.29, 1.82) is 0 Å². The first-order chi connectivity index (χ1) is 6.47. The fourth-order valence-corrected chi connectivity index (χ4v) is 1.74. The van der Waals surface area contributed by atoms with E-state index in [0.29, 0.717) is 5.54 Å². The zero-order chi connectivity index (χ0) is 10.7. The lowest BCUT2D eigenvalue weighted by atomic mass is 10.00. The summed E-state index contributed by atoms with van der Waals surface area (Å²) in [4.78, 5) is 0. The van der Waals surface area contributed by atoms with Crippen LogP contribution >= 0.6 is 0 Å². The van der Waals surface area contributed by atoms with Gasteiger partial charge in [-0.05, 0) is 46.7 Å². The molecule has 1 atom stereocenters. The van der Waals surface area contributed by atoms with Crippen LogP contribution < -0.4 is 10.6 Å². The smallest absolute Gasteiger partial charge is 0.0634 e. The van der Waals surface area contributed by atoms with Gasteiger partial charge in [-0.25, -0.2) is 0 Å². The van der Waals surface area contributed by atoms with Gasteiger partial charge in [-0.2, -0.15) is 0 Å². The summed E-state index contributed by atoms with van der Waals surface area (Å²) >= 11 is 0. The monoisotopic (exact) mass is 200 g/mol. The molecule has 84 valence electrons. The molecular weight excluding hydrogens is 176 g/mol. The molecule has 1 fully saturated rings. The third kappa shape index (κ3) is 3.56. The molecule has 1 aliphatic rings. The van der Waals surface area contributed by atoms with Gasteiger partial charge < -0.3 is 15.4 Å². The summed E-state index contributed by atoms with van der Waals surface area (Å²) in [5.41, 5.74) is 0.291. The van der Waals surface area contributed by atoms with E-state index in [0.717, 1.165) is 26.1 Å². The van der Waals surface area contributed by atoms with Crippen LogP contribution in [0.4, 0.5) is 0 Å². The predicted molar refractivity (Wildman–Crippen MR) is 59.6 cm³/mol. The first kappa shape index (κ1) is 12.0. The Labute approximate surface area is 87.6 Å². The normalized spacial score (nSPS) is 28.3. The molecule has 3 heteroatoms. The Morgan fingerprint density at radius 2 is 2.21 bits per heavy atom. The summed E-state index contributed by atoms with van der Waals surface area (Å²) in [6, 6.07) is 0. The van der Waals surface area contributed by atoms with Gasteiger partial charge in [-0.15, -0.1) is 0 Å². The van der Waals surface area contributed by atoms with Gasteiger partial charge in [0.15, 0.2) is 0 Å². The van der Waals surface area contributed by atoms with Crippen LogP contribution in [0.25, 0.3) is 0 Å². The molecule has 1 saturated heterocycles. The van der Waals surface area contributed by atoms with Crippen molar-refractivity contribution in [2.24, 2.45) is 0 Å². The maximum Gasteiger partial charge on any atom is 0.0634 e. The van der Waals surface area contributed by atoms with Gasteiger partial charge in [0.25, 0.3) is 0 Å². The molecule has 1 heterocycles. The number of nitrogens with one attached hydrogen (secondary N) is 2. The molecule has 3 nitrogen and oxygen atoms in total. The van der Waals surface area contributed by atoms with E-state index in [9.17, 15) is 0 Å². The van der Waals surface area contributed by atoms with Crippen molar-refractivity contribution >= 4 is 0 Å². The first-order valence-corrected chi connectivity index (χ1v) is 5.48. The van der Waals surface area contributed by atoms with E-state index >= 15 is 0 Å². The van der Waals surface area contributed by atoms with E-state index in [1.807, 2.05) is 0 Å². The van der Waals surface area contributed by atoms with Crippen LogP contribution in [-0.4, -0.2) is 37.9 Å². The van der Waals surface area contributed by atoms with Gasteiger partial charge in [-0.1, -0.05) is 0 Å². The van der Waals surface area contributed by atoms with Crippen LogP contribution in [0.1, 0.15) is 33.6 Å². The molecule has 2 N–H and O–H groups in total. The lowest BCUT2D eigenvalue weighted by Gasteiger charge is -2.28. The van der Waals surface area contributed by atoms with E-state index in [2.05, 4.69) is 31.4 Å². The molecule has 0 saturated carbocycles. The van der Waals surface area contributed by atoms with E-state index < -0.39 is 0 Å². The lowest BCUT2D eigenvalue weighted by molar-refractivity contribution is 0.0146. The second-order valence-corrected chi connectivity index (χ2v) is 5.13. The van der Waals surface area contributed by atoms with Crippen molar-refractivity contribution < 1.29 is 4.74 Å². The Kier molecular flexibility index (Phi) is 3.93. The molecule has 0 radical (unpaired) electrons. The average Bonchev–Trinajstić information content (AvgIpc) is 2.52. The van der Waals surface area contributed by atoms with Crippen molar-refractivity contribution in [2.75, 3.05) is 26.7 Å². The summed E-state index contributed by atoms with van der Waals surface area (Å²) in [5.74, 6) is 0. The summed E-state index contributed by atoms with van der Waals surface area (Å²) in [5, 5.41) is 6.99. The molecule has 0 aliphatic carbocycles. The minimum atomic E-state index is -0.00457. The fourth-order valence-electron chi connectivity index (χ4n) is 1.74. The molecule has 0 aromatic rings. The topological polar surface area (TPSA) is 33.3 Å². The average molecular weight is 200 g/mol. The maximum atomic E-state index is 5.38. The molecule has 0 aromatic heterocycles. The number of hydrogen-bond acceptors (Lipinski definition) is 3. The van der Waals surface area contributed by atoms with E-state index in [1.165, 1.54) is 6.42 Å². The number of ether oxygens (including phenoxy) is 1. The highest BCUT2D eigenvalue weighted by Gasteiger charge is 2.28. The zero-order valence-electron chi connectivity index (χ0n) is 9.94. The number of hydrogen-bond donors (Lipinski definition) is 2. The molecule has 0 aromatic carbocycles. The molecule has 0 amide bonds. The van der Waals surface area contributed by atoms with Crippen molar-refractivity contribution in [1.82, 2.24) is 10.6 Å². The molecule has 1 unspecified atom stereocenters. The Morgan fingerprint density at radius 1 is 1.50 bits per heavy atom. The third-order valence-corrected chi connectivity index (χ3v) is 3.20. The van der Waals surface area contributed by atoms with Crippen LogP contribution in [0.3, 0.4) is 0 Å². The van der Waals surface area contributed by atoms with Gasteiger partial charge in [0.05, 0.1) is 5.60 Å². The predicted octanol–water partition coefficient (Wildman–Crippen LogP) is 1.14. The highest BCUT2D eigenvalue weighted by atomic mass is 16.5. The molecule has 14 heavy (non-hydrogen) atoms. The van der Waals surface area contributed by atoms with Crippen LogP contribution in [0, 0.1) is 0 Å². The van der Waals surface area contributed by atoms with E-state index in [4.69, 9.17) is 4.74 Å². The zero-order valence-corrected chi connectivity index (χ0v) is 9.94. The molecular formula is C11H24N2O. The molecule has 1 aliphatic heterocycles. The Bertz CT molecular complexity index is 174. The van der Waals surface area contributed by atoms with E-state index in [-0.39, 0.29) is 5.60 Å². The van der Waals surface area contributed by atoms with Gasteiger partial charge in [0.2, 0.25) is 0 Å². The van der Waals surface area contributed by atoms with Crippen molar-refractivity contribution in [3.8, 4) is 0 Å². The fraction of sp³-hybridized carbons (Fsp3) is 1.00. The number of methoxy groups -OCH3 is 1. The van der Waals surface area contributed by atoms with Crippen LogP contribution in [-0.2, 0) is 4.74 Å². The van der Waals surface area contributed by atoms with Crippen LogP contribution in [0.5, 0.6) is 0 Å². The SMILES string of the molecule is COC(C)(C)CCNC1(C)CCNC1. The molecule has 0 spiro atoms. The first-order valence-electron chi connectivity index (χ1n) is 5.48.